The number of halogens is 3. The summed E-state index contributed by atoms with van der Waals surface area (Å²) in [5.74, 6) is -2.74. The molecule has 1 fully saturated rings. The van der Waals surface area contributed by atoms with Crippen molar-refractivity contribution in [2.45, 2.75) is 38.8 Å². The lowest BCUT2D eigenvalue weighted by Gasteiger charge is -2.31. The number of anilines is 1. The maximum absolute atomic E-state index is 12.4. The predicted molar refractivity (Wildman–Crippen MR) is 110 cm³/mol. The first-order chi connectivity index (χ1) is 15.5. The lowest BCUT2D eigenvalue weighted by atomic mass is 10.1. The minimum Gasteiger partial charge on any atom is -0.542 e. The monoisotopic (exact) mass is 471 g/mol. The maximum Gasteiger partial charge on any atom is 0.430 e. The number of hydrogen-bond donors (Lipinski definition) is 1. The van der Waals surface area contributed by atoms with E-state index < -0.39 is 12.1 Å². The summed E-state index contributed by atoms with van der Waals surface area (Å²) in [4.78, 5) is 50.0. The summed E-state index contributed by atoms with van der Waals surface area (Å²) >= 11 is 0. The number of fused-ring (bicyclic) bond motifs is 1. The number of benzene rings is 1. The topological polar surface area (TPSA) is 102 Å². The molecule has 2 aliphatic heterocycles. The minimum atomic E-state index is -5.19. The number of quaternary nitrogens is 1. The second kappa shape index (κ2) is 11.8. The molecule has 0 aromatic heterocycles. The van der Waals surface area contributed by atoms with Gasteiger partial charge in [0.15, 0.2) is 5.78 Å². The fourth-order valence-electron chi connectivity index (χ4n) is 3.85. The summed E-state index contributed by atoms with van der Waals surface area (Å²) in [6.07, 6.45) is -2.63. The highest BCUT2D eigenvalue weighted by molar-refractivity contribution is 6.10. The van der Waals surface area contributed by atoms with E-state index in [1.54, 1.807) is 11.8 Å². The average Bonchev–Trinajstić information content (AvgIpc) is 2.88. The van der Waals surface area contributed by atoms with Crippen LogP contribution in [0.2, 0.25) is 0 Å². The Bertz CT molecular complexity index is 867. The minimum absolute atomic E-state index is 0.0470. The summed E-state index contributed by atoms with van der Waals surface area (Å²) < 4.78 is 31.5. The molecule has 11 heteroatoms. The number of aliphatic carboxylic acids is 1. The van der Waals surface area contributed by atoms with Gasteiger partial charge in [0.1, 0.15) is 5.97 Å². The highest BCUT2D eigenvalue weighted by Crippen LogP contribution is 2.27. The summed E-state index contributed by atoms with van der Waals surface area (Å²) in [6.45, 7) is 7.03. The number of nitrogens with one attached hydrogen (secondary N) is 1. The van der Waals surface area contributed by atoms with E-state index in [1.165, 1.54) is 4.90 Å². The van der Waals surface area contributed by atoms with Crippen LogP contribution in [0.3, 0.4) is 0 Å². The van der Waals surface area contributed by atoms with Crippen molar-refractivity contribution in [3.05, 3.63) is 29.8 Å². The molecule has 2 aliphatic rings. The standard InChI is InChI=1S/C20H27N3O3.C2HF3O2/c1-16(24)22-14-12-21(13-15-22)10-4-5-11-23-18-7-3-2-6-17(18)19(25)8-9-20(23)26;3-2(4,5)1(6)7/h2-3,6-7H,4-5,8-15H2,1H3;(H,6,7). The zero-order chi connectivity index (χ0) is 24.6. The van der Waals surface area contributed by atoms with Gasteiger partial charge in [-0.15, -0.1) is 0 Å². The van der Waals surface area contributed by atoms with E-state index in [-0.39, 0.29) is 17.6 Å². The van der Waals surface area contributed by atoms with Gasteiger partial charge >= 0.3 is 6.18 Å². The highest BCUT2D eigenvalue weighted by atomic mass is 19.4. The smallest absolute Gasteiger partial charge is 0.430 e. The number of carboxylic acid groups (broad SMARTS) is 1. The van der Waals surface area contributed by atoms with Crippen molar-refractivity contribution in [1.82, 2.24) is 4.90 Å². The molecule has 0 unspecified atom stereocenters. The normalized spacial score (nSPS) is 17.1. The number of amides is 2. The van der Waals surface area contributed by atoms with Crippen LogP contribution >= 0.6 is 0 Å². The molecule has 3 rings (SSSR count). The third-order valence-corrected chi connectivity index (χ3v) is 5.67. The first-order valence-electron chi connectivity index (χ1n) is 10.8. The molecule has 1 aromatic rings. The summed E-state index contributed by atoms with van der Waals surface area (Å²) in [5.41, 5.74) is 1.44. The van der Waals surface area contributed by atoms with Crippen LogP contribution in [0.15, 0.2) is 24.3 Å². The number of carboxylic acids is 1. The summed E-state index contributed by atoms with van der Waals surface area (Å²) in [6, 6.07) is 7.44. The molecule has 2 amide bonds. The number of ketones is 1. The number of alkyl halides is 3. The van der Waals surface area contributed by atoms with Gasteiger partial charge in [0.05, 0.1) is 38.4 Å². The summed E-state index contributed by atoms with van der Waals surface area (Å²) in [7, 11) is 0. The van der Waals surface area contributed by atoms with Crippen LogP contribution in [0, 0.1) is 0 Å². The van der Waals surface area contributed by atoms with Crippen molar-refractivity contribution in [2.75, 3.05) is 44.2 Å². The van der Waals surface area contributed by atoms with E-state index in [2.05, 4.69) is 0 Å². The lowest BCUT2D eigenvalue weighted by molar-refractivity contribution is -0.904. The molecule has 0 aliphatic carbocycles. The largest absolute Gasteiger partial charge is 0.542 e. The Hall–Kier alpha value is -2.95. The van der Waals surface area contributed by atoms with Crippen LogP contribution in [0.4, 0.5) is 18.9 Å². The van der Waals surface area contributed by atoms with Gasteiger partial charge < -0.3 is 24.6 Å². The number of unbranched alkanes of at least 4 members (excludes halogenated alkanes) is 1. The van der Waals surface area contributed by atoms with Gasteiger partial charge in [0.2, 0.25) is 11.8 Å². The zero-order valence-corrected chi connectivity index (χ0v) is 18.5. The molecule has 0 spiro atoms. The Balaban J connectivity index is 0.000000479. The zero-order valence-electron chi connectivity index (χ0n) is 18.5. The molecular weight excluding hydrogens is 443 g/mol. The first kappa shape index (κ1) is 26.3. The van der Waals surface area contributed by atoms with Gasteiger partial charge in [-0.3, -0.25) is 14.4 Å². The van der Waals surface area contributed by atoms with Gasteiger partial charge in [0, 0.05) is 31.9 Å². The summed E-state index contributed by atoms with van der Waals surface area (Å²) in [5, 5.41) is 8.78. The molecule has 0 radical (unpaired) electrons. The van der Waals surface area contributed by atoms with E-state index in [4.69, 9.17) is 9.90 Å². The van der Waals surface area contributed by atoms with Crippen molar-refractivity contribution < 1.29 is 42.4 Å². The average molecular weight is 471 g/mol. The Morgan fingerprint density at radius 2 is 1.67 bits per heavy atom. The van der Waals surface area contributed by atoms with Gasteiger partial charge in [0.25, 0.3) is 0 Å². The molecule has 0 atom stereocenters. The number of para-hydroxylation sites is 1. The highest BCUT2D eigenvalue weighted by Gasteiger charge is 2.29. The third kappa shape index (κ3) is 7.85. The molecule has 2 heterocycles. The van der Waals surface area contributed by atoms with Gasteiger partial charge in [-0.25, -0.2) is 0 Å². The van der Waals surface area contributed by atoms with E-state index >= 15 is 0 Å². The van der Waals surface area contributed by atoms with Crippen molar-refractivity contribution in [2.24, 2.45) is 0 Å². The van der Waals surface area contributed by atoms with Crippen LogP contribution in [-0.2, 0) is 14.4 Å². The number of carbonyl (C=O) groups is 4. The molecule has 182 valence electrons. The van der Waals surface area contributed by atoms with Crippen LogP contribution in [-0.4, -0.2) is 73.9 Å². The number of Topliss-reactive ketones (excluding diaryl/α,β-unsaturated/α-hetero) is 1. The van der Waals surface area contributed by atoms with Crippen LogP contribution in [0.1, 0.15) is 43.0 Å². The molecule has 0 bridgehead atoms. The Kier molecular flexibility index (Phi) is 9.39. The van der Waals surface area contributed by atoms with E-state index in [1.807, 2.05) is 29.2 Å². The number of rotatable bonds is 5. The van der Waals surface area contributed by atoms with Gasteiger partial charge in [-0.05, 0) is 25.0 Å². The molecule has 1 saturated heterocycles. The lowest BCUT2D eigenvalue weighted by Crippen LogP contribution is -3.14. The molecule has 1 N–H and O–H groups in total. The molecule has 8 nitrogen and oxygen atoms in total. The SMILES string of the molecule is CC(=O)N1CC[NH+](CCCCN2C(=O)CCC(=O)c3ccccc32)CC1.O=C([O-])C(F)(F)F. The second-order valence-corrected chi connectivity index (χ2v) is 7.98. The Morgan fingerprint density at radius 3 is 2.24 bits per heavy atom. The number of nitrogens with zero attached hydrogens (tertiary/aromatic N) is 2. The molecule has 0 saturated carbocycles. The number of carbonyl (C=O) groups excluding carboxylic acids is 4. The van der Waals surface area contributed by atoms with Gasteiger partial charge in [-0.1, -0.05) is 12.1 Å². The van der Waals surface area contributed by atoms with E-state index in [0.717, 1.165) is 51.3 Å². The molecule has 33 heavy (non-hydrogen) atoms. The predicted octanol–water partition coefficient (Wildman–Crippen LogP) is -0.178. The third-order valence-electron chi connectivity index (χ3n) is 5.67. The Morgan fingerprint density at radius 1 is 1.06 bits per heavy atom. The quantitative estimate of drug-likeness (QED) is 0.601. The van der Waals surface area contributed by atoms with E-state index in [9.17, 15) is 27.6 Å². The van der Waals surface area contributed by atoms with Crippen molar-refractivity contribution in [1.29, 1.82) is 0 Å². The van der Waals surface area contributed by atoms with Crippen molar-refractivity contribution >= 4 is 29.3 Å². The molecular formula is C22H28F3N3O5. The maximum atomic E-state index is 12.4. The van der Waals surface area contributed by atoms with Crippen molar-refractivity contribution in [3.8, 4) is 0 Å². The van der Waals surface area contributed by atoms with Crippen LogP contribution in [0.5, 0.6) is 0 Å². The fraction of sp³-hybridized carbons (Fsp3) is 0.545. The Labute approximate surface area is 189 Å². The van der Waals surface area contributed by atoms with Crippen molar-refractivity contribution in [3.63, 3.8) is 0 Å². The van der Waals surface area contributed by atoms with E-state index in [0.29, 0.717) is 24.9 Å². The first-order valence-corrected chi connectivity index (χ1v) is 10.8. The van der Waals surface area contributed by atoms with Crippen LogP contribution in [0.25, 0.3) is 0 Å². The van der Waals surface area contributed by atoms with Gasteiger partial charge in [-0.2, -0.15) is 13.2 Å². The van der Waals surface area contributed by atoms with Crippen LogP contribution < -0.4 is 14.9 Å². The number of hydrogen-bond acceptors (Lipinski definition) is 5. The fourth-order valence-corrected chi connectivity index (χ4v) is 3.85. The molecule has 1 aromatic carbocycles. The number of piperazine rings is 1. The second-order valence-electron chi connectivity index (χ2n) is 7.98.